The molecule has 0 aliphatic rings. The Labute approximate surface area is 93.5 Å². The van der Waals surface area contributed by atoms with Crippen molar-refractivity contribution in [2.24, 2.45) is 0 Å². The maximum Gasteiger partial charge on any atom is 0.336 e. The zero-order valence-electron chi connectivity index (χ0n) is 9.16. The van der Waals surface area contributed by atoms with E-state index >= 15 is 0 Å². The van der Waals surface area contributed by atoms with Crippen LogP contribution < -0.4 is 0 Å². The van der Waals surface area contributed by atoms with Gasteiger partial charge in [-0.3, -0.25) is 14.2 Å². The molecule has 0 aliphatic heterocycles. The van der Waals surface area contributed by atoms with Crippen LogP contribution in [0.3, 0.4) is 0 Å². The molecule has 0 heterocycles. The van der Waals surface area contributed by atoms with Gasteiger partial charge in [0.2, 0.25) is 0 Å². The molecule has 94 valence electrons. The quantitative estimate of drug-likeness (QED) is 0.320. The second-order valence-electron chi connectivity index (χ2n) is 2.74. The highest BCUT2D eigenvalue weighted by molar-refractivity contribution is 7.54. The highest BCUT2D eigenvalue weighted by Crippen LogP contribution is 2.52. The third-order valence-electron chi connectivity index (χ3n) is 1.95. The van der Waals surface area contributed by atoms with Crippen LogP contribution >= 0.6 is 7.60 Å². The molecule has 0 saturated heterocycles. The number of hydrogen-bond acceptors (Lipinski definition) is 7. The van der Waals surface area contributed by atoms with E-state index in [0.717, 1.165) is 0 Å². The van der Waals surface area contributed by atoms with E-state index in [4.69, 9.17) is 9.05 Å². The highest BCUT2D eigenvalue weighted by Gasteiger charge is 2.34. The van der Waals surface area contributed by atoms with Crippen LogP contribution in [0.5, 0.6) is 0 Å². The average Bonchev–Trinajstić information content (AvgIpc) is 2.32. The first-order valence-corrected chi connectivity index (χ1v) is 6.07. The fourth-order valence-corrected chi connectivity index (χ4v) is 2.54. The Balaban J connectivity index is 4.43. The Kier molecular flexibility index (Phi) is 7.80. The number of hydrogen-bond donors (Lipinski definition) is 0. The van der Waals surface area contributed by atoms with Crippen LogP contribution in [0.1, 0.15) is 6.42 Å². The minimum absolute atomic E-state index is 0.0487. The zero-order chi connectivity index (χ0) is 12.4. The number of carbonyl (C=O) groups is 2. The van der Waals surface area contributed by atoms with Crippen LogP contribution in [-0.2, 0) is 32.7 Å². The predicted octanol–water partition coefficient (Wildman–Crippen LogP) is 0.577. The first kappa shape index (κ1) is 15.1. The summed E-state index contributed by atoms with van der Waals surface area (Å²) in [6.45, 7) is 0.448. The summed E-state index contributed by atoms with van der Waals surface area (Å²) in [5.74, 6) is 0. The molecule has 0 fully saturated rings. The van der Waals surface area contributed by atoms with E-state index in [2.05, 4.69) is 9.47 Å². The molecule has 0 aliphatic carbocycles. The summed E-state index contributed by atoms with van der Waals surface area (Å²) < 4.78 is 30.5. The molecule has 0 aromatic heterocycles. The van der Waals surface area contributed by atoms with Crippen molar-refractivity contribution in [3.05, 3.63) is 0 Å². The van der Waals surface area contributed by atoms with E-state index in [1.807, 2.05) is 0 Å². The third kappa shape index (κ3) is 4.74. The Morgan fingerprint density at radius 3 is 2.12 bits per heavy atom. The monoisotopic (exact) mass is 254 g/mol. The molecule has 16 heavy (non-hydrogen) atoms. The standard InChI is InChI=1S/C8H15O7P/c1-12-16(11,13-2)8(5-15-7-10)3-4-14-6-9/h6-8H,3-5H2,1-2H3. The Bertz CT molecular complexity index is 247. The molecule has 0 amide bonds. The van der Waals surface area contributed by atoms with Crippen molar-refractivity contribution in [3.63, 3.8) is 0 Å². The normalized spacial score (nSPS) is 12.9. The first-order valence-electron chi connectivity index (χ1n) is 4.46. The van der Waals surface area contributed by atoms with Gasteiger partial charge in [-0.25, -0.2) is 0 Å². The van der Waals surface area contributed by atoms with Gasteiger partial charge in [-0.15, -0.1) is 0 Å². The number of rotatable bonds is 10. The molecule has 0 radical (unpaired) electrons. The van der Waals surface area contributed by atoms with E-state index in [-0.39, 0.29) is 32.6 Å². The van der Waals surface area contributed by atoms with Crippen LogP contribution in [0.4, 0.5) is 0 Å². The molecule has 0 N–H and O–H groups in total. The van der Waals surface area contributed by atoms with Crippen molar-refractivity contribution < 1.29 is 32.7 Å². The summed E-state index contributed by atoms with van der Waals surface area (Å²) in [5.41, 5.74) is -0.660. The van der Waals surface area contributed by atoms with Gasteiger partial charge in [0.05, 0.1) is 12.3 Å². The van der Waals surface area contributed by atoms with Gasteiger partial charge in [-0.1, -0.05) is 0 Å². The molecule has 0 aromatic carbocycles. The van der Waals surface area contributed by atoms with Crippen LogP contribution in [0.15, 0.2) is 0 Å². The van der Waals surface area contributed by atoms with Crippen molar-refractivity contribution in [1.29, 1.82) is 0 Å². The smallest absolute Gasteiger partial charge is 0.336 e. The van der Waals surface area contributed by atoms with Gasteiger partial charge in [0.1, 0.15) is 6.61 Å². The van der Waals surface area contributed by atoms with E-state index in [0.29, 0.717) is 0 Å². The Hall–Kier alpha value is -0.910. The van der Waals surface area contributed by atoms with Crippen molar-refractivity contribution in [2.45, 2.75) is 12.1 Å². The van der Waals surface area contributed by atoms with E-state index < -0.39 is 13.3 Å². The largest absolute Gasteiger partial charge is 0.468 e. The fraction of sp³-hybridized carbons (Fsp3) is 0.750. The number of carbonyl (C=O) groups excluding carboxylic acids is 2. The van der Waals surface area contributed by atoms with Crippen LogP contribution in [0.2, 0.25) is 0 Å². The van der Waals surface area contributed by atoms with Crippen molar-refractivity contribution in [1.82, 2.24) is 0 Å². The topological polar surface area (TPSA) is 88.1 Å². The van der Waals surface area contributed by atoms with Gasteiger partial charge >= 0.3 is 7.60 Å². The maximum atomic E-state index is 12.0. The third-order valence-corrected chi connectivity index (χ3v) is 4.27. The van der Waals surface area contributed by atoms with Crippen molar-refractivity contribution in [2.75, 3.05) is 27.4 Å². The van der Waals surface area contributed by atoms with E-state index in [1.165, 1.54) is 14.2 Å². The molecule has 0 saturated carbocycles. The minimum atomic E-state index is -3.34. The lowest BCUT2D eigenvalue weighted by Crippen LogP contribution is -2.20. The van der Waals surface area contributed by atoms with Gasteiger partial charge in [0, 0.05) is 14.2 Å². The molecule has 0 spiro atoms. The molecule has 0 rings (SSSR count). The molecule has 7 nitrogen and oxygen atoms in total. The second kappa shape index (κ2) is 8.27. The van der Waals surface area contributed by atoms with Gasteiger partial charge in [-0.2, -0.15) is 0 Å². The Morgan fingerprint density at radius 1 is 1.12 bits per heavy atom. The van der Waals surface area contributed by atoms with Gasteiger partial charge < -0.3 is 18.5 Å². The summed E-state index contributed by atoms with van der Waals surface area (Å²) in [4.78, 5) is 20.0. The summed E-state index contributed by atoms with van der Waals surface area (Å²) in [6, 6.07) is 0. The molecular weight excluding hydrogens is 239 g/mol. The van der Waals surface area contributed by atoms with E-state index in [9.17, 15) is 14.2 Å². The zero-order valence-corrected chi connectivity index (χ0v) is 10.1. The summed E-state index contributed by atoms with van der Waals surface area (Å²) in [7, 11) is -0.871. The maximum absolute atomic E-state index is 12.0. The van der Waals surface area contributed by atoms with E-state index in [1.54, 1.807) is 0 Å². The lowest BCUT2D eigenvalue weighted by Gasteiger charge is -2.22. The molecular formula is C8H15O7P. The molecule has 8 heteroatoms. The molecule has 1 atom stereocenters. The SMILES string of the molecule is COP(=O)(OC)C(CCOC=O)COC=O. The highest BCUT2D eigenvalue weighted by atomic mass is 31.2. The molecule has 1 unspecified atom stereocenters. The molecule has 0 aromatic rings. The summed E-state index contributed by atoms with van der Waals surface area (Å²) >= 11 is 0. The Morgan fingerprint density at radius 2 is 1.69 bits per heavy atom. The first-order chi connectivity index (χ1) is 7.64. The predicted molar refractivity (Wildman–Crippen MR) is 54.1 cm³/mol. The minimum Gasteiger partial charge on any atom is -0.468 e. The number of ether oxygens (including phenoxy) is 2. The van der Waals surface area contributed by atoms with Crippen molar-refractivity contribution in [3.8, 4) is 0 Å². The van der Waals surface area contributed by atoms with Crippen LogP contribution in [-0.4, -0.2) is 46.0 Å². The van der Waals surface area contributed by atoms with Crippen LogP contribution in [0, 0.1) is 0 Å². The summed E-state index contributed by atoms with van der Waals surface area (Å²) in [5, 5.41) is 0. The lowest BCUT2D eigenvalue weighted by molar-refractivity contribution is -0.131. The lowest BCUT2D eigenvalue weighted by atomic mass is 10.3. The summed E-state index contributed by atoms with van der Waals surface area (Å²) in [6.07, 6.45) is 0.214. The van der Waals surface area contributed by atoms with Crippen molar-refractivity contribution >= 4 is 20.5 Å². The average molecular weight is 254 g/mol. The van der Waals surface area contributed by atoms with Gasteiger partial charge in [-0.05, 0) is 6.42 Å². The second-order valence-corrected chi connectivity index (χ2v) is 5.28. The van der Waals surface area contributed by atoms with Gasteiger partial charge in [0.25, 0.3) is 12.9 Å². The fourth-order valence-electron chi connectivity index (χ4n) is 1.11. The van der Waals surface area contributed by atoms with Crippen LogP contribution in [0.25, 0.3) is 0 Å². The van der Waals surface area contributed by atoms with Gasteiger partial charge in [0.15, 0.2) is 0 Å². The molecule has 0 bridgehead atoms.